The summed E-state index contributed by atoms with van der Waals surface area (Å²) >= 11 is 6.10. The van der Waals surface area contributed by atoms with Crippen molar-refractivity contribution in [2.45, 2.75) is 44.2 Å². The van der Waals surface area contributed by atoms with Gasteiger partial charge in [0.2, 0.25) is 5.91 Å². The largest absolute Gasteiger partial charge is 0.496 e. The minimum absolute atomic E-state index is 0.146. The van der Waals surface area contributed by atoms with E-state index in [1.165, 1.54) is 19.6 Å². The number of nitrogens with two attached hydrogens (primary N) is 1. The van der Waals surface area contributed by atoms with Crippen LogP contribution in [-0.4, -0.2) is 80.7 Å². The molecule has 0 saturated carbocycles. The van der Waals surface area contributed by atoms with Gasteiger partial charge in [-0.25, -0.2) is 0 Å². The van der Waals surface area contributed by atoms with Crippen LogP contribution in [-0.2, 0) is 9.53 Å². The standard InChI is InChI=1S/C22H33ClN4O4/c1-30-19-13-17(24)16(23)12-15(19)22(29)25-18-6-10-26(14-20(18)31-2)11-7-21(28)27-8-4-3-5-9-27/h12-13,18,20H,3-11,14,24H2,1-2H3,(H,25,29)/t18-,20+/m1/s1. The molecule has 3 rings (SSSR count). The van der Waals surface area contributed by atoms with E-state index in [1.807, 2.05) is 4.90 Å². The molecule has 0 spiro atoms. The van der Waals surface area contributed by atoms with Crippen LogP contribution in [0.15, 0.2) is 12.1 Å². The highest BCUT2D eigenvalue weighted by Crippen LogP contribution is 2.29. The van der Waals surface area contributed by atoms with Gasteiger partial charge in [0, 0.05) is 52.3 Å². The highest BCUT2D eigenvalue weighted by Gasteiger charge is 2.31. The van der Waals surface area contributed by atoms with E-state index >= 15 is 0 Å². The summed E-state index contributed by atoms with van der Waals surface area (Å²) in [4.78, 5) is 29.5. The molecule has 2 aliphatic rings. The van der Waals surface area contributed by atoms with E-state index < -0.39 is 0 Å². The number of hydrogen-bond donors (Lipinski definition) is 2. The Labute approximate surface area is 189 Å². The molecule has 2 atom stereocenters. The molecule has 0 unspecified atom stereocenters. The number of likely N-dealkylation sites (tertiary alicyclic amines) is 2. The SMILES string of the molecule is COc1cc(N)c(Cl)cc1C(=O)N[C@@H]1CCN(CCC(=O)N2CCCCC2)C[C@@H]1OC. The summed E-state index contributed by atoms with van der Waals surface area (Å²) < 4.78 is 11.0. The summed E-state index contributed by atoms with van der Waals surface area (Å²) in [6, 6.07) is 2.92. The number of benzene rings is 1. The zero-order valence-corrected chi connectivity index (χ0v) is 19.1. The summed E-state index contributed by atoms with van der Waals surface area (Å²) in [6.45, 7) is 3.92. The fourth-order valence-electron chi connectivity index (χ4n) is 4.30. The first-order valence-electron chi connectivity index (χ1n) is 10.9. The van der Waals surface area contributed by atoms with Crippen LogP contribution < -0.4 is 15.8 Å². The van der Waals surface area contributed by atoms with Crippen LogP contribution in [0, 0.1) is 0 Å². The Morgan fingerprint density at radius 2 is 1.94 bits per heavy atom. The summed E-state index contributed by atoms with van der Waals surface area (Å²) in [5.74, 6) is 0.331. The van der Waals surface area contributed by atoms with Crippen LogP contribution in [0.3, 0.4) is 0 Å². The van der Waals surface area contributed by atoms with Gasteiger partial charge >= 0.3 is 0 Å². The number of carbonyl (C=O) groups is 2. The minimum Gasteiger partial charge on any atom is -0.496 e. The Kier molecular flexibility index (Phi) is 8.40. The third-order valence-corrected chi connectivity index (χ3v) is 6.50. The highest BCUT2D eigenvalue weighted by atomic mass is 35.5. The predicted octanol–water partition coefficient (Wildman–Crippen LogP) is 2.15. The zero-order valence-electron chi connectivity index (χ0n) is 18.4. The lowest BCUT2D eigenvalue weighted by Crippen LogP contribution is -2.55. The number of amides is 2. The first kappa shape index (κ1) is 23.6. The molecule has 2 fully saturated rings. The molecular formula is C22H33ClN4O4. The Bertz CT molecular complexity index is 785. The summed E-state index contributed by atoms with van der Waals surface area (Å²) in [6.07, 6.45) is 4.51. The van der Waals surface area contributed by atoms with E-state index in [4.69, 9.17) is 26.8 Å². The topological polar surface area (TPSA) is 97.1 Å². The predicted molar refractivity (Wildman–Crippen MR) is 121 cm³/mol. The van der Waals surface area contributed by atoms with Crippen molar-refractivity contribution < 1.29 is 19.1 Å². The van der Waals surface area contributed by atoms with Gasteiger partial charge in [-0.2, -0.15) is 0 Å². The van der Waals surface area contributed by atoms with Gasteiger partial charge in [-0.15, -0.1) is 0 Å². The van der Waals surface area contributed by atoms with E-state index in [0.717, 1.165) is 38.9 Å². The van der Waals surface area contributed by atoms with E-state index in [2.05, 4.69) is 10.2 Å². The number of carbonyl (C=O) groups excluding carboxylic acids is 2. The molecule has 1 aromatic carbocycles. The van der Waals surface area contributed by atoms with Crippen molar-refractivity contribution in [2.24, 2.45) is 0 Å². The number of hydrogen-bond acceptors (Lipinski definition) is 6. The lowest BCUT2D eigenvalue weighted by molar-refractivity contribution is -0.132. The Morgan fingerprint density at radius 1 is 1.19 bits per heavy atom. The van der Waals surface area contributed by atoms with E-state index in [-0.39, 0.29) is 24.0 Å². The Balaban J connectivity index is 1.54. The van der Waals surface area contributed by atoms with Crippen molar-refractivity contribution in [3.05, 3.63) is 22.7 Å². The van der Waals surface area contributed by atoms with Crippen LogP contribution in [0.2, 0.25) is 5.02 Å². The molecule has 0 radical (unpaired) electrons. The van der Waals surface area contributed by atoms with Crippen LogP contribution in [0.25, 0.3) is 0 Å². The lowest BCUT2D eigenvalue weighted by atomic mass is 10.0. The van der Waals surface area contributed by atoms with Gasteiger partial charge < -0.3 is 30.3 Å². The average molecular weight is 453 g/mol. The second kappa shape index (κ2) is 11.0. The molecule has 1 aromatic rings. The molecule has 0 aromatic heterocycles. The van der Waals surface area contributed by atoms with Crippen LogP contribution in [0.4, 0.5) is 5.69 Å². The van der Waals surface area contributed by atoms with Crippen LogP contribution >= 0.6 is 11.6 Å². The molecule has 9 heteroatoms. The summed E-state index contributed by atoms with van der Waals surface area (Å²) in [5.41, 5.74) is 6.51. The fraction of sp³-hybridized carbons (Fsp3) is 0.636. The maximum Gasteiger partial charge on any atom is 0.255 e. The zero-order chi connectivity index (χ0) is 22.4. The normalized spacial score (nSPS) is 22.2. The first-order chi connectivity index (χ1) is 14.9. The van der Waals surface area contributed by atoms with Gasteiger partial charge in [0.1, 0.15) is 5.75 Å². The monoisotopic (exact) mass is 452 g/mol. The van der Waals surface area contributed by atoms with Gasteiger partial charge in [0.25, 0.3) is 5.91 Å². The number of ether oxygens (including phenoxy) is 2. The third-order valence-electron chi connectivity index (χ3n) is 6.18. The second-order valence-electron chi connectivity index (χ2n) is 8.21. The Morgan fingerprint density at radius 3 is 2.61 bits per heavy atom. The number of anilines is 1. The summed E-state index contributed by atoms with van der Waals surface area (Å²) in [5, 5.41) is 3.36. The molecule has 2 amide bonds. The van der Waals surface area contributed by atoms with Crippen molar-refractivity contribution in [3.63, 3.8) is 0 Å². The number of nitrogens with one attached hydrogen (secondary N) is 1. The molecule has 8 nitrogen and oxygen atoms in total. The number of methoxy groups -OCH3 is 2. The molecule has 2 saturated heterocycles. The van der Waals surface area contributed by atoms with Crippen molar-refractivity contribution >= 4 is 29.1 Å². The van der Waals surface area contributed by atoms with Crippen LogP contribution in [0.5, 0.6) is 5.75 Å². The molecular weight excluding hydrogens is 420 g/mol. The number of nitrogens with zero attached hydrogens (tertiary/aromatic N) is 2. The number of piperidine rings is 2. The number of nitrogen functional groups attached to an aromatic ring is 1. The molecule has 0 bridgehead atoms. The molecule has 0 aliphatic carbocycles. The molecule has 2 aliphatic heterocycles. The summed E-state index contributed by atoms with van der Waals surface area (Å²) in [7, 11) is 3.13. The van der Waals surface area contributed by atoms with Crippen LogP contribution in [0.1, 0.15) is 42.5 Å². The van der Waals surface area contributed by atoms with Crippen molar-refractivity contribution in [3.8, 4) is 5.75 Å². The smallest absolute Gasteiger partial charge is 0.255 e. The number of halogens is 1. The van der Waals surface area contributed by atoms with Crippen molar-refractivity contribution in [1.29, 1.82) is 0 Å². The van der Waals surface area contributed by atoms with Gasteiger partial charge in [0.05, 0.1) is 35.5 Å². The van der Waals surface area contributed by atoms with E-state index in [1.54, 1.807) is 13.2 Å². The lowest BCUT2D eigenvalue weighted by Gasteiger charge is -2.38. The third kappa shape index (κ3) is 6.02. The van der Waals surface area contributed by atoms with Gasteiger partial charge in [-0.1, -0.05) is 11.6 Å². The second-order valence-corrected chi connectivity index (χ2v) is 8.62. The maximum atomic E-state index is 12.9. The van der Waals surface area contributed by atoms with Crippen molar-refractivity contribution in [1.82, 2.24) is 15.1 Å². The van der Waals surface area contributed by atoms with E-state index in [9.17, 15) is 9.59 Å². The van der Waals surface area contributed by atoms with Gasteiger partial charge in [0.15, 0.2) is 0 Å². The maximum absolute atomic E-state index is 12.9. The van der Waals surface area contributed by atoms with Crippen molar-refractivity contribution in [2.75, 3.05) is 52.7 Å². The molecule has 31 heavy (non-hydrogen) atoms. The average Bonchev–Trinajstić information content (AvgIpc) is 2.80. The molecule has 3 N–H and O–H groups in total. The highest BCUT2D eigenvalue weighted by molar-refractivity contribution is 6.33. The first-order valence-corrected chi connectivity index (χ1v) is 11.3. The van der Waals surface area contributed by atoms with Gasteiger partial charge in [-0.05, 0) is 31.7 Å². The minimum atomic E-state index is -0.278. The number of rotatable bonds is 7. The van der Waals surface area contributed by atoms with Gasteiger partial charge in [-0.3, -0.25) is 9.59 Å². The Hall–Kier alpha value is -2.03. The molecule has 2 heterocycles. The van der Waals surface area contributed by atoms with E-state index in [0.29, 0.717) is 41.5 Å². The molecule has 172 valence electrons. The quantitative estimate of drug-likeness (QED) is 0.615. The fourth-order valence-corrected chi connectivity index (χ4v) is 4.47.